The molecular weight excluding hydrogens is 1200 g/mol. The number of esters is 1. The number of nitrogens with zero attached hydrogens (tertiary/aromatic N) is 1. The molecule has 1 unspecified atom stereocenters. The van der Waals surface area contributed by atoms with E-state index in [-0.39, 0.29) is 44.6 Å². The molecule has 1 aliphatic heterocycles. The molecule has 1 aliphatic rings. The number of amides is 11. The zero-order valence-corrected chi connectivity index (χ0v) is 53.0. The number of carbonyl (C=O) groups is 12. The first-order valence-electron chi connectivity index (χ1n) is 30.3. The highest BCUT2D eigenvalue weighted by molar-refractivity contribution is 5.99. The van der Waals surface area contributed by atoms with Gasteiger partial charge in [-0.1, -0.05) is 91.1 Å². The average Bonchev–Trinajstić information content (AvgIpc) is 2.08. The molecule has 0 radical (unpaired) electrons. The molecule has 0 bridgehead atoms. The summed E-state index contributed by atoms with van der Waals surface area (Å²) in [5.41, 5.74) is 17.0. The quantitative estimate of drug-likeness (QED) is 0.0138. The third kappa shape index (κ3) is 27.0. The Bertz CT molecular complexity index is 2660. The molecule has 19 N–H and O–H groups in total. The van der Waals surface area contributed by atoms with E-state index in [9.17, 15) is 80.9 Å². The number of aliphatic hydroxyl groups is 2. The van der Waals surface area contributed by atoms with Gasteiger partial charge in [-0.25, -0.2) is 4.79 Å². The molecule has 0 aromatic heterocycles. The maximum absolute atomic E-state index is 14.4. The zero-order chi connectivity index (χ0) is 68.9. The molecule has 2 rings (SSSR count). The van der Waals surface area contributed by atoms with Crippen molar-refractivity contribution >= 4 is 76.9 Å². The summed E-state index contributed by atoms with van der Waals surface area (Å²) in [6, 6.07) is -7.83. The number of aliphatic imine (C=N–C) groups is 1. The Kier molecular flexibility index (Phi) is 33.9. The van der Waals surface area contributed by atoms with Gasteiger partial charge in [0.2, 0.25) is 65.0 Å². The Labute approximate surface area is 527 Å². The fraction of sp³-hybridized carbons (Fsp3) is 0.672. The number of benzene rings is 1. The summed E-state index contributed by atoms with van der Waals surface area (Å²) in [7, 11) is 1.58. The molecule has 0 aliphatic carbocycles. The summed E-state index contributed by atoms with van der Waals surface area (Å²) in [4.78, 5) is 169. The third-order valence-corrected chi connectivity index (χ3v) is 15.5. The number of carbonyl (C=O) groups excluding carboxylic acids is 12. The van der Waals surface area contributed by atoms with Crippen LogP contribution in [0, 0.1) is 17.8 Å². The van der Waals surface area contributed by atoms with Crippen molar-refractivity contribution in [2.75, 3.05) is 26.8 Å². The van der Waals surface area contributed by atoms with Crippen molar-refractivity contribution in [2.45, 2.75) is 205 Å². The number of hydrogen-bond donors (Lipinski definition) is 16. The van der Waals surface area contributed by atoms with E-state index in [0.29, 0.717) is 6.42 Å². The van der Waals surface area contributed by atoms with Crippen LogP contribution in [-0.4, -0.2) is 193 Å². The fourth-order valence-corrected chi connectivity index (χ4v) is 9.22. The van der Waals surface area contributed by atoms with E-state index >= 15 is 0 Å². The van der Waals surface area contributed by atoms with E-state index in [1.54, 1.807) is 48.6 Å². The Morgan fingerprint density at radius 2 is 1.08 bits per heavy atom. The highest BCUT2D eigenvalue weighted by atomic mass is 19.4. The van der Waals surface area contributed by atoms with Crippen LogP contribution in [0.25, 0.3) is 0 Å². The number of hydrogen-bond acceptors (Lipinski definition) is 17. The molecule has 1 aromatic rings. The first kappa shape index (κ1) is 78.9. The van der Waals surface area contributed by atoms with Gasteiger partial charge in [0.1, 0.15) is 66.5 Å². The second-order valence-electron chi connectivity index (χ2n) is 22.6. The van der Waals surface area contributed by atoms with Gasteiger partial charge in [0, 0.05) is 19.4 Å². The van der Waals surface area contributed by atoms with Gasteiger partial charge in [-0.3, -0.25) is 57.7 Å². The molecule has 1 saturated heterocycles. The number of primary amides is 1. The maximum atomic E-state index is 14.4. The SMILES string of the molecule is CC[C@H](C)[C@H](NC(=O)[C@@H](Cc1ccccc1)NC)C(=O)N[C@@H](CO)C(=O)N[C@H](CCC(N)=O)C(=O)N[C@@H](C(=O)N[C@H](C(=O)N[C@@H](CO)C(=O)N[C@H]1C(=O)N[C@@H](C)C(=O)N[C@@H](CCCN=C(N)N)C(=O)NC(CCCC(F)(F)F)C(=O)O[C@H]1C)[C@@H](C)CC)[C@@H](C)CC. The molecular formula is C58H94F3N15O15. The number of alkyl halides is 3. The van der Waals surface area contributed by atoms with Crippen LogP contribution in [0.2, 0.25) is 0 Å². The Morgan fingerprint density at radius 3 is 1.56 bits per heavy atom. The van der Waals surface area contributed by atoms with Gasteiger partial charge >= 0.3 is 12.1 Å². The molecule has 0 spiro atoms. The number of halogens is 3. The summed E-state index contributed by atoms with van der Waals surface area (Å²) >= 11 is 0. The first-order valence-corrected chi connectivity index (χ1v) is 30.3. The van der Waals surface area contributed by atoms with Crippen LogP contribution in [-0.2, 0) is 68.7 Å². The summed E-state index contributed by atoms with van der Waals surface area (Å²) in [6.07, 6.45) is -8.98. The maximum Gasteiger partial charge on any atom is 0.389 e. The number of likely N-dealkylation sites (N-methyl/N-ethyl adjacent to an activating group) is 1. The third-order valence-electron chi connectivity index (χ3n) is 15.5. The Morgan fingerprint density at radius 1 is 0.615 bits per heavy atom. The minimum Gasteiger partial charge on any atom is -0.458 e. The first-order chi connectivity index (χ1) is 42.7. The topological polar surface area (TPSA) is 477 Å². The molecule has 11 amide bonds. The van der Waals surface area contributed by atoms with Crippen molar-refractivity contribution in [1.29, 1.82) is 0 Å². The predicted octanol–water partition coefficient (Wildman–Crippen LogP) is -3.20. The van der Waals surface area contributed by atoms with Crippen LogP contribution in [0.1, 0.15) is 125 Å². The number of nitrogens with two attached hydrogens (primary N) is 3. The summed E-state index contributed by atoms with van der Waals surface area (Å²) < 4.78 is 45.3. The van der Waals surface area contributed by atoms with E-state index in [1.165, 1.54) is 6.92 Å². The van der Waals surface area contributed by atoms with E-state index in [4.69, 9.17) is 21.9 Å². The monoisotopic (exact) mass is 1300 g/mol. The van der Waals surface area contributed by atoms with E-state index < -0.39 is 213 Å². The highest BCUT2D eigenvalue weighted by Gasteiger charge is 2.41. The zero-order valence-electron chi connectivity index (χ0n) is 53.0. The lowest BCUT2D eigenvalue weighted by Gasteiger charge is -2.31. The van der Waals surface area contributed by atoms with Crippen molar-refractivity contribution in [2.24, 2.45) is 39.9 Å². The van der Waals surface area contributed by atoms with Crippen molar-refractivity contribution in [3.63, 3.8) is 0 Å². The lowest BCUT2D eigenvalue weighted by atomic mass is 9.94. The number of nitrogens with one attached hydrogen (secondary N) is 11. The van der Waals surface area contributed by atoms with Crippen LogP contribution in [0.5, 0.6) is 0 Å². The molecule has 33 heteroatoms. The Hall–Kier alpha value is -8.20. The van der Waals surface area contributed by atoms with Gasteiger partial charge in [0.25, 0.3) is 0 Å². The number of rotatable bonds is 35. The summed E-state index contributed by atoms with van der Waals surface area (Å²) in [5, 5.41) is 48.2. The number of ether oxygens (including phenoxy) is 1. The predicted molar refractivity (Wildman–Crippen MR) is 324 cm³/mol. The van der Waals surface area contributed by atoms with Crippen LogP contribution in [0.4, 0.5) is 13.2 Å². The van der Waals surface area contributed by atoms with E-state index in [1.807, 2.05) is 30.3 Å². The molecule has 30 nitrogen and oxygen atoms in total. The lowest BCUT2D eigenvalue weighted by molar-refractivity contribution is -0.157. The van der Waals surface area contributed by atoms with Crippen molar-refractivity contribution in [3.05, 3.63) is 35.9 Å². The van der Waals surface area contributed by atoms with Gasteiger partial charge in [0.05, 0.1) is 19.3 Å². The summed E-state index contributed by atoms with van der Waals surface area (Å²) in [6.45, 7) is 10.0. The minimum atomic E-state index is -4.66. The molecule has 0 saturated carbocycles. The van der Waals surface area contributed by atoms with Gasteiger partial charge in [0.15, 0.2) is 5.96 Å². The van der Waals surface area contributed by atoms with Crippen molar-refractivity contribution in [3.8, 4) is 0 Å². The standard InChI is InChI=1S/C58H94F3N15O15/c1-10-29(4)42(74-49(83)38(65-9)26-34-18-14-13-15-19-34)52(86)71-39(27-77)50(84)69-36(22-23-41(62)79)48(82)73-44(31(6)12-3)54(88)75-43(30(5)11-2)53(87)72-40(28-78)51(85)76-45-33(8)91-56(90)37(20-16-24-58(59,60)61)70-47(81)35(21-17-25-66-57(63)64)68-46(80)32(7)67-55(45)89/h13-15,18-19,29-33,35-40,42-45,65,77-78H,10-12,16-17,20-28H2,1-9H3,(H2,62,79)(H,67,89)(H,68,80)(H,69,84)(H,70,81)(H,71,86)(H,72,87)(H,73,82)(H,74,83)(H,75,88)(H,76,85)(H4,63,64,66)/t29-,30-,31-,32-,33-,35-,36+,37?,38+,39-,40-,42-,43-,44+,45+/m0/s1. The van der Waals surface area contributed by atoms with Gasteiger partial charge in [-0.05, 0) is 82.7 Å². The average molecular weight is 1300 g/mol. The summed E-state index contributed by atoms with van der Waals surface area (Å²) in [5.74, 6) is -14.4. The molecule has 512 valence electrons. The van der Waals surface area contributed by atoms with Crippen LogP contribution >= 0.6 is 0 Å². The van der Waals surface area contributed by atoms with Crippen LogP contribution in [0.15, 0.2) is 35.3 Å². The second-order valence-corrected chi connectivity index (χ2v) is 22.6. The molecule has 1 fully saturated rings. The van der Waals surface area contributed by atoms with E-state index in [2.05, 4.69) is 63.5 Å². The molecule has 1 heterocycles. The molecule has 91 heavy (non-hydrogen) atoms. The number of guanidine groups is 1. The van der Waals surface area contributed by atoms with Crippen molar-refractivity contribution in [1.82, 2.24) is 58.5 Å². The largest absolute Gasteiger partial charge is 0.458 e. The highest BCUT2D eigenvalue weighted by Crippen LogP contribution is 2.24. The van der Waals surface area contributed by atoms with Gasteiger partial charge < -0.3 is 90.6 Å². The van der Waals surface area contributed by atoms with Crippen LogP contribution in [0.3, 0.4) is 0 Å². The fourth-order valence-electron chi connectivity index (χ4n) is 9.22. The van der Waals surface area contributed by atoms with Gasteiger partial charge in [-0.2, -0.15) is 13.2 Å². The Balaban J connectivity index is 2.43. The minimum absolute atomic E-state index is 0.0161. The molecule has 15 atom stereocenters. The van der Waals surface area contributed by atoms with E-state index in [0.717, 1.165) is 12.5 Å². The normalized spacial score (nSPS) is 20.6. The molecule has 1 aromatic carbocycles. The smallest absolute Gasteiger partial charge is 0.389 e. The number of cyclic esters (lactones) is 1. The lowest BCUT2D eigenvalue weighted by Crippen LogP contribution is -2.63. The van der Waals surface area contributed by atoms with Crippen LogP contribution < -0.4 is 75.7 Å². The number of aliphatic hydroxyl groups excluding tert-OH is 2. The van der Waals surface area contributed by atoms with Gasteiger partial charge in [-0.15, -0.1) is 0 Å². The second kappa shape index (κ2) is 39.1. The van der Waals surface area contributed by atoms with Crippen molar-refractivity contribution < 1.29 is 85.7 Å².